The molecule has 0 radical (unpaired) electrons. The summed E-state index contributed by atoms with van der Waals surface area (Å²) >= 11 is 2.28. The average molecular weight is 1420 g/mol. The molecule has 0 bridgehead atoms. The van der Waals surface area contributed by atoms with Crippen molar-refractivity contribution in [2.75, 3.05) is 0 Å². The molecule has 0 atom stereocenters. The first-order chi connectivity index (χ1) is 51.1. The fraction of sp³-hybridized carbons (Fsp3) is 0.0204. The fourth-order valence-electron chi connectivity index (χ4n) is 19.1. The van der Waals surface area contributed by atoms with Crippen LogP contribution in [0.3, 0.4) is 0 Å². The number of nitrogens with one attached hydrogen (secondary N) is 1. The SMILES string of the molecule is Ic1ccccc1.c1ccc(-n2c3ccccc3c3ccc4c(c5ccccc5n4-c4ccc5c(c4)C4(c6ccccc6-c6ccccc64)c4ccccc4-5)c32)cc1.c1ccc2c(c1)-c1ccccc1C21c2ccccc2-c2ccc(-n3c4ccccc4c4c5[nH]c6ccccc6c5ccc43)cc21. The number of aromatic nitrogens is 4. The normalized spacial score (nSPS) is 13.4. The van der Waals surface area contributed by atoms with E-state index in [1.165, 1.54) is 197 Å². The summed E-state index contributed by atoms with van der Waals surface area (Å²) in [7, 11) is 0. The van der Waals surface area contributed by atoms with E-state index in [2.05, 4.69) is 387 Å². The van der Waals surface area contributed by atoms with Crippen LogP contribution in [-0.2, 0) is 10.8 Å². The first-order valence-electron chi connectivity index (χ1n) is 35.6. The smallest absolute Gasteiger partial charge is 0.0726 e. The van der Waals surface area contributed by atoms with Gasteiger partial charge in [-0.25, -0.2) is 0 Å². The highest BCUT2D eigenvalue weighted by atomic mass is 127. The van der Waals surface area contributed by atoms with Crippen molar-refractivity contribution in [2.45, 2.75) is 10.8 Å². The molecule has 2 spiro atoms. The number of rotatable bonds is 3. The summed E-state index contributed by atoms with van der Waals surface area (Å²) in [5, 5.41) is 10.1. The maximum Gasteiger partial charge on any atom is 0.0726 e. The van der Waals surface area contributed by atoms with E-state index in [9.17, 15) is 0 Å². The summed E-state index contributed by atoms with van der Waals surface area (Å²) in [6.45, 7) is 0. The maximum absolute atomic E-state index is 3.78. The molecule has 4 aromatic heterocycles. The van der Waals surface area contributed by atoms with Crippen molar-refractivity contribution in [2.24, 2.45) is 0 Å². The lowest BCUT2D eigenvalue weighted by atomic mass is 9.70. The van der Waals surface area contributed by atoms with Crippen LogP contribution in [0.4, 0.5) is 0 Å². The van der Waals surface area contributed by atoms with Crippen molar-refractivity contribution in [3.63, 3.8) is 0 Å². The highest BCUT2D eigenvalue weighted by molar-refractivity contribution is 14.1. The molecule has 4 heterocycles. The van der Waals surface area contributed by atoms with Gasteiger partial charge in [0.1, 0.15) is 0 Å². The van der Waals surface area contributed by atoms with Crippen molar-refractivity contribution < 1.29 is 0 Å². The topological polar surface area (TPSA) is 30.6 Å². The van der Waals surface area contributed by atoms with Crippen molar-refractivity contribution in [1.82, 2.24) is 18.7 Å². The van der Waals surface area contributed by atoms with Crippen molar-refractivity contribution in [1.29, 1.82) is 0 Å². The van der Waals surface area contributed by atoms with Crippen LogP contribution in [0.25, 0.3) is 149 Å². The summed E-state index contributed by atoms with van der Waals surface area (Å²) in [4.78, 5) is 3.78. The van der Waals surface area contributed by atoms with Gasteiger partial charge in [0, 0.05) is 69.2 Å². The minimum absolute atomic E-state index is 0.363. The van der Waals surface area contributed by atoms with Crippen LogP contribution in [-0.4, -0.2) is 18.7 Å². The molecule has 0 unspecified atom stereocenters. The monoisotopic (exact) mass is 1420 g/mol. The molecule has 5 heteroatoms. The number of H-pyrrole nitrogens is 1. The van der Waals surface area contributed by atoms with E-state index in [1.807, 2.05) is 18.2 Å². The van der Waals surface area contributed by atoms with Gasteiger partial charge in [0.05, 0.1) is 49.4 Å². The summed E-state index contributed by atoms with van der Waals surface area (Å²) in [6.07, 6.45) is 0. The molecule has 16 aromatic carbocycles. The van der Waals surface area contributed by atoms with Gasteiger partial charge in [0.2, 0.25) is 0 Å². The Morgan fingerprint density at radius 2 is 0.573 bits per heavy atom. The van der Waals surface area contributed by atoms with Crippen LogP contribution < -0.4 is 0 Å². The van der Waals surface area contributed by atoms with E-state index < -0.39 is 0 Å². The van der Waals surface area contributed by atoms with E-state index >= 15 is 0 Å². The standard InChI is InChI=1S/C49H30N2.C43H26N2.C6H5I/c1-2-14-31(15-3-1)51-44-24-12-7-19-37(44)38-28-29-46-47(48(38)51)39-20-8-13-25-45(39)50(46)32-26-27-36-35-18-6-11-23-42(35)49(43(36)30-32)40-21-9-4-16-33(40)34-17-5-10-22-41(34)49;1-6-16-34-27(11-1)28-12-2-7-17-35(28)43(34)36-18-8-3-13-29(36)30-22-21-26(25-37(30)43)45-39-20-10-5-15-33(39)41-40(45)24-23-32-31-14-4-9-19-38(31)44-42(32)41;7-6-4-2-1-3-5-6/h1-30H;1-25,44H;1-5H. The summed E-state index contributed by atoms with van der Waals surface area (Å²) in [6, 6.07) is 134. The predicted octanol–water partition coefficient (Wildman–Crippen LogP) is 25.3. The van der Waals surface area contributed by atoms with Gasteiger partial charge in [-0.15, -0.1) is 0 Å². The average Bonchev–Trinajstić information content (AvgIpc) is 1.51. The van der Waals surface area contributed by atoms with Crippen LogP contribution >= 0.6 is 22.6 Å². The molecule has 0 fully saturated rings. The maximum atomic E-state index is 3.78. The minimum atomic E-state index is -0.388. The Balaban J connectivity index is 0.000000119. The fourth-order valence-corrected chi connectivity index (χ4v) is 19.6. The molecule has 0 saturated heterocycles. The molecule has 103 heavy (non-hydrogen) atoms. The Hall–Kier alpha value is -12.6. The van der Waals surface area contributed by atoms with Crippen molar-refractivity contribution >= 4 is 110 Å². The zero-order chi connectivity index (χ0) is 67.7. The van der Waals surface area contributed by atoms with Gasteiger partial charge in [0.15, 0.2) is 0 Å². The number of fused-ring (bicyclic) bond motifs is 34. The van der Waals surface area contributed by atoms with Crippen LogP contribution in [0.5, 0.6) is 0 Å². The van der Waals surface area contributed by atoms with Crippen LogP contribution in [0, 0.1) is 3.57 Å². The Kier molecular flexibility index (Phi) is 12.6. The summed E-state index contributed by atoms with van der Waals surface area (Å²) in [5.74, 6) is 0. The second-order valence-electron chi connectivity index (χ2n) is 27.8. The van der Waals surface area contributed by atoms with Gasteiger partial charge < -0.3 is 18.7 Å². The second kappa shape index (κ2) is 22.2. The van der Waals surface area contributed by atoms with Gasteiger partial charge in [-0.05, 0) is 197 Å². The number of para-hydroxylation sites is 5. The number of nitrogens with zero attached hydrogens (tertiary/aromatic N) is 3. The highest BCUT2D eigenvalue weighted by Gasteiger charge is 2.53. The zero-order valence-corrected chi connectivity index (χ0v) is 58.0. The van der Waals surface area contributed by atoms with Crippen LogP contribution in [0.2, 0.25) is 0 Å². The lowest BCUT2D eigenvalue weighted by Gasteiger charge is -2.30. The molecule has 20 aromatic rings. The number of halogens is 1. The minimum Gasteiger partial charge on any atom is -0.354 e. The molecule has 0 amide bonds. The Morgan fingerprint density at radius 1 is 0.223 bits per heavy atom. The van der Waals surface area contributed by atoms with Crippen LogP contribution in [0.1, 0.15) is 44.5 Å². The Bertz CT molecular complexity index is 6830. The predicted molar refractivity (Wildman–Crippen MR) is 437 cm³/mol. The Labute approximate surface area is 608 Å². The third-order valence-corrected chi connectivity index (χ3v) is 23.7. The van der Waals surface area contributed by atoms with Gasteiger partial charge in [0.25, 0.3) is 0 Å². The van der Waals surface area contributed by atoms with Gasteiger partial charge in [-0.3, -0.25) is 0 Å². The number of benzene rings is 16. The molecule has 1 N–H and O–H groups in total. The molecule has 24 rings (SSSR count). The third-order valence-electron chi connectivity index (χ3n) is 23.0. The molecule has 480 valence electrons. The zero-order valence-electron chi connectivity index (χ0n) is 55.9. The van der Waals surface area contributed by atoms with Gasteiger partial charge in [-0.1, -0.05) is 279 Å². The third kappa shape index (κ3) is 7.94. The first kappa shape index (κ1) is 58.3. The van der Waals surface area contributed by atoms with E-state index in [4.69, 9.17) is 0 Å². The van der Waals surface area contributed by atoms with E-state index in [-0.39, 0.29) is 10.8 Å². The van der Waals surface area contributed by atoms with Crippen molar-refractivity contribution in [3.05, 3.63) is 412 Å². The Morgan fingerprint density at radius 3 is 1.03 bits per heavy atom. The van der Waals surface area contributed by atoms with Crippen molar-refractivity contribution in [3.8, 4) is 61.6 Å². The molecular formula is C98H61IN4. The summed E-state index contributed by atoms with van der Waals surface area (Å²) < 4.78 is 8.73. The molecular weight excluding hydrogens is 1360 g/mol. The largest absolute Gasteiger partial charge is 0.354 e. The molecule has 4 aliphatic carbocycles. The molecule has 0 saturated carbocycles. The molecule has 0 aliphatic heterocycles. The van der Waals surface area contributed by atoms with Gasteiger partial charge in [-0.2, -0.15) is 0 Å². The lowest BCUT2D eigenvalue weighted by Crippen LogP contribution is -2.26. The number of hydrogen-bond acceptors (Lipinski definition) is 0. The van der Waals surface area contributed by atoms with Gasteiger partial charge >= 0.3 is 0 Å². The van der Waals surface area contributed by atoms with E-state index in [0.717, 1.165) is 0 Å². The lowest BCUT2D eigenvalue weighted by molar-refractivity contribution is 0.792. The molecule has 4 aliphatic rings. The number of aromatic amines is 1. The second-order valence-corrected chi connectivity index (χ2v) is 29.1. The number of hydrogen-bond donors (Lipinski definition) is 1. The first-order valence-corrected chi connectivity index (χ1v) is 36.7. The molecule has 4 nitrogen and oxygen atoms in total. The van der Waals surface area contributed by atoms with E-state index in [1.54, 1.807) is 0 Å². The van der Waals surface area contributed by atoms with Crippen LogP contribution in [0.15, 0.2) is 364 Å². The highest BCUT2D eigenvalue weighted by Crippen LogP contribution is 2.65. The van der Waals surface area contributed by atoms with E-state index in [0.29, 0.717) is 0 Å². The summed E-state index contributed by atoms with van der Waals surface area (Å²) in [5.41, 5.74) is 34.0. The quantitative estimate of drug-likeness (QED) is 0.171.